The third kappa shape index (κ3) is 3.34. The number of pyridine rings is 1. The molecule has 0 atom stereocenters. The fourth-order valence-electron chi connectivity index (χ4n) is 1.77. The molecule has 1 aromatic carbocycles. The fourth-order valence-corrected chi connectivity index (χ4v) is 1.77. The second-order valence-electron chi connectivity index (χ2n) is 4.07. The van der Waals surface area contributed by atoms with E-state index in [-0.39, 0.29) is 6.61 Å². The highest BCUT2D eigenvalue weighted by molar-refractivity contribution is 5.85. The molecule has 1 aromatic heterocycles. The highest BCUT2D eigenvalue weighted by Crippen LogP contribution is 2.25. The molecule has 1 N–H and O–H groups in total. The monoisotopic (exact) mass is 260 g/mol. The maximum atomic E-state index is 10.9. The van der Waals surface area contributed by atoms with E-state index in [0.717, 1.165) is 16.5 Å². The van der Waals surface area contributed by atoms with E-state index in [9.17, 15) is 4.79 Å². The van der Waals surface area contributed by atoms with Crippen LogP contribution in [-0.4, -0.2) is 31.3 Å². The molecule has 0 unspecified atom stereocenters. The van der Waals surface area contributed by atoms with Gasteiger partial charge in [-0.25, -0.2) is 4.79 Å². The normalized spacial score (nSPS) is 10.2. The van der Waals surface area contributed by atoms with Gasteiger partial charge in [-0.05, 0) is 30.7 Å². The number of benzene rings is 1. The number of rotatable bonds is 4. The number of aromatic nitrogens is 1. The van der Waals surface area contributed by atoms with Crippen LogP contribution >= 0.6 is 0 Å². The minimum atomic E-state index is -0.462. The van der Waals surface area contributed by atoms with E-state index < -0.39 is 6.09 Å². The molecule has 0 aliphatic rings. The zero-order valence-electron chi connectivity index (χ0n) is 11.0. The summed E-state index contributed by atoms with van der Waals surface area (Å²) in [5.41, 5.74) is 1.91. The number of ether oxygens (including phenoxy) is 2. The van der Waals surface area contributed by atoms with Gasteiger partial charge in [-0.3, -0.25) is 4.98 Å². The summed E-state index contributed by atoms with van der Waals surface area (Å²) < 4.78 is 10.5. The Morgan fingerprint density at radius 3 is 3.00 bits per heavy atom. The molecule has 2 aromatic rings. The van der Waals surface area contributed by atoms with E-state index >= 15 is 0 Å². The number of nitrogens with one attached hydrogen (secondary N) is 1. The van der Waals surface area contributed by atoms with Gasteiger partial charge in [-0.2, -0.15) is 0 Å². The van der Waals surface area contributed by atoms with Crippen molar-refractivity contribution in [2.75, 3.05) is 20.3 Å². The summed E-state index contributed by atoms with van der Waals surface area (Å²) in [4.78, 5) is 15.2. The van der Waals surface area contributed by atoms with Gasteiger partial charge < -0.3 is 14.8 Å². The second kappa shape index (κ2) is 6.04. The molecule has 1 heterocycles. The van der Waals surface area contributed by atoms with Gasteiger partial charge >= 0.3 is 6.09 Å². The second-order valence-corrected chi connectivity index (χ2v) is 4.07. The molecule has 0 fully saturated rings. The van der Waals surface area contributed by atoms with Gasteiger partial charge in [0.2, 0.25) is 0 Å². The van der Waals surface area contributed by atoms with Gasteiger partial charge in [-0.1, -0.05) is 6.07 Å². The van der Waals surface area contributed by atoms with Gasteiger partial charge in [0, 0.05) is 18.6 Å². The molecule has 2 rings (SSSR count). The predicted molar refractivity (Wildman–Crippen MR) is 72.4 cm³/mol. The van der Waals surface area contributed by atoms with Crippen molar-refractivity contribution in [1.29, 1.82) is 0 Å². The zero-order chi connectivity index (χ0) is 13.7. The topological polar surface area (TPSA) is 60.5 Å². The van der Waals surface area contributed by atoms with Crippen LogP contribution in [0.5, 0.6) is 5.75 Å². The summed E-state index contributed by atoms with van der Waals surface area (Å²) >= 11 is 0. The molecule has 100 valence electrons. The van der Waals surface area contributed by atoms with Crippen molar-refractivity contribution >= 4 is 17.0 Å². The first-order valence-electron chi connectivity index (χ1n) is 6.03. The average molecular weight is 260 g/mol. The largest absolute Gasteiger partial charge is 0.488 e. The number of hydrogen-bond donors (Lipinski definition) is 1. The quantitative estimate of drug-likeness (QED) is 0.857. The van der Waals surface area contributed by atoms with Crippen LogP contribution in [0.1, 0.15) is 5.56 Å². The lowest BCUT2D eigenvalue weighted by Crippen LogP contribution is -2.21. The minimum Gasteiger partial charge on any atom is -0.488 e. The van der Waals surface area contributed by atoms with Crippen LogP contribution in [0.3, 0.4) is 0 Å². The van der Waals surface area contributed by atoms with Gasteiger partial charge in [0.15, 0.2) is 0 Å². The van der Waals surface area contributed by atoms with Crippen LogP contribution in [0.4, 0.5) is 4.79 Å². The lowest BCUT2D eigenvalue weighted by Gasteiger charge is -2.10. The van der Waals surface area contributed by atoms with Crippen molar-refractivity contribution in [3.8, 4) is 5.75 Å². The number of alkyl carbamates (subject to hydrolysis) is 1. The first-order valence-corrected chi connectivity index (χ1v) is 6.03. The Hall–Kier alpha value is -2.30. The van der Waals surface area contributed by atoms with E-state index in [2.05, 4.69) is 16.4 Å². The van der Waals surface area contributed by atoms with E-state index in [4.69, 9.17) is 9.47 Å². The van der Waals surface area contributed by atoms with Crippen molar-refractivity contribution in [2.45, 2.75) is 6.92 Å². The molecular formula is C14H16N2O3. The Kier molecular flexibility index (Phi) is 4.18. The number of carbonyl (C=O) groups excluding carboxylic acids is 1. The number of fused-ring (bicyclic) bond motifs is 1. The summed E-state index contributed by atoms with van der Waals surface area (Å²) in [7, 11) is 1.52. The first-order chi connectivity index (χ1) is 9.20. The van der Waals surface area contributed by atoms with E-state index in [1.165, 1.54) is 7.05 Å². The van der Waals surface area contributed by atoms with Gasteiger partial charge in [0.1, 0.15) is 24.5 Å². The number of aryl methyl sites for hydroxylation is 1. The van der Waals surface area contributed by atoms with Crippen LogP contribution < -0.4 is 10.1 Å². The molecule has 5 nitrogen and oxygen atoms in total. The number of carbonyl (C=O) groups is 1. The molecule has 19 heavy (non-hydrogen) atoms. The Bertz CT molecular complexity index is 584. The smallest absolute Gasteiger partial charge is 0.406 e. The van der Waals surface area contributed by atoms with Crippen molar-refractivity contribution in [3.63, 3.8) is 0 Å². The number of nitrogens with zero attached hydrogens (tertiary/aromatic N) is 1. The van der Waals surface area contributed by atoms with Crippen LogP contribution in [0.15, 0.2) is 30.5 Å². The van der Waals surface area contributed by atoms with Crippen molar-refractivity contribution in [3.05, 3.63) is 36.0 Å². The van der Waals surface area contributed by atoms with Gasteiger partial charge in [0.05, 0.1) is 0 Å². The molecule has 0 aliphatic carbocycles. The highest BCUT2D eigenvalue weighted by atomic mass is 16.6. The van der Waals surface area contributed by atoms with Crippen LogP contribution in [0.2, 0.25) is 0 Å². The maximum Gasteiger partial charge on any atom is 0.406 e. The fraction of sp³-hybridized carbons (Fsp3) is 0.286. The molecule has 0 radical (unpaired) electrons. The zero-order valence-corrected chi connectivity index (χ0v) is 11.0. The molecule has 1 amide bonds. The van der Waals surface area contributed by atoms with Gasteiger partial charge in [-0.15, -0.1) is 0 Å². The van der Waals surface area contributed by atoms with Crippen molar-refractivity contribution in [1.82, 2.24) is 10.3 Å². The third-order valence-corrected chi connectivity index (χ3v) is 2.59. The predicted octanol–water partition coefficient (Wildman–Crippen LogP) is 2.28. The molecule has 0 bridgehead atoms. The minimum absolute atomic E-state index is 0.196. The summed E-state index contributed by atoms with van der Waals surface area (Å²) in [6, 6.07) is 7.86. The third-order valence-electron chi connectivity index (χ3n) is 2.59. The maximum absolute atomic E-state index is 10.9. The molecule has 0 saturated heterocycles. The van der Waals surface area contributed by atoms with Gasteiger partial charge in [0.25, 0.3) is 0 Å². The van der Waals surface area contributed by atoms with Crippen LogP contribution in [0, 0.1) is 6.92 Å². The SMILES string of the molecule is CNC(=O)OCCOc1cc(C)cc2cccnc12. The summed E-state index contributed by atoms with van der Waals surface area (Å²) in [5, 5.41) is 3.41. The molecular weight excluding hydrogens is 244 g/mol. The lowest BCUT2D eigenvalue weighted by atomic mass is 10.1. The Balaban J connectivity index is 2.06. The van der Waals surface area contributed by atoms with Crippen molar-refractivity contribution in [2.24, 2.45) is 0 Å². The highest BCUT2D eigenvalue weighted by Gasteiger charge is 2.05. The van der Waals surface area contributed by atoms with E-state index in [0.29, 0.717) is 12.4 Å². The standard InChI is InChI=1S/C14H16N2O3/c1-10-8-11-4-3-5-16-13(11)12(9-10)18-6-7-19-14(17)15-2/h3-5,8-9H,6-7H2,1-2H3,(H,15,17). The van der Waals surface area contributed by atoms with Crippen molar-refractivity contribution < 1.29 is 14.3 Å². The Morgan fingerprint density at radius 1 is 1.37 bits per heavy atom. The Morgan fingerprint density at radius 2 is 2.21 bits per heavy atom. The molecule has 0 spiro atoms. The van der Waals surface area contributed by atoms with E-state index in [1.807, 2.05) is 25.1 Å². The summed E-state index contributed by atoms with van der Waals surface area (Å²) in [5.74, 6) is 0.705. The molecule has 0 saturated carbocycles. The molecule has 0 aliphatic heterocycles. The van der Waals surface area contributed by atoms with Crippen LogP contribution in [0.25, 0.3) is 10.9 Å². The molecule has 5 heteroatoms. The van der Waals surface area contributed by atoms with E-state index in [1.54, 1.807) is 6.20 Å². The summed E-state index contributed by atoms with van der Waals surface area (Å²) in [6.07, 6.45) is 1.27. The van der Waals surface area contributed by atoms with Crippen LogP contribution in [-0.2, 0) is 4.74 Å². The Labute approximate surface area is 111 Å². The average Bonchev–Trinajstić information content (AvgIpc) is 2.42. The number of hydrogen-bond acceptors (Lipinski definition) is 4. The summed E-state index contributed by atoms with van der Waals surface area (Å²) in [6.45, 7) is 2.49. The lowest BCUT2D eigenvalue weighted by molar-refractivity contribution is 0.127. The first kappa shape index (κ1) is 13.1. The number of amides is 1.